The molecule has 0 saturated carbocycles. The first kappa shape index (κ1) is 17.5. The minimum Gasteiger partial charge on any atom is -0.354 e. The van der Waals surface area contributed by atoms with Crippen molar-refractivity contribution in [2.45, 2.75) is 26.7 Å². The Morgan fingerprint density at radius 1 is 1.22 bits per heavy atom. The maximum atomic E-state index is 12.4. The lowest BCUT2D eigenvalue weighted by Crippen LogP contribution is -2.16. The number of rotatable bonds is 6. The van der Waals surface area contributed by atoms with Crippen molar-refractivity contribution in [2.75, 3.05) is 17.2 Å². The summed E-state index contributed by atoms with van der Waals surface area (Å²) in [5, 5.41) is 6.74. The Morgan fingerprint density at radius 2 is 2.00 bits per heavy atom. The van der Waals surface area contributed by atoms with Crippen molar-refractivity contribution in [1.29, 1.82) is 0 Å². The maximum Gasteiger partial charge on any atom is 0.274 e. The third-order valence-corrected chi connectivity index (χ3v) is 3.64. The number of benzene rings is 1. The number of aryl methyl sites for hydroxylation is 1. The summed E-state index contributed by atoms with van der Waals surface area (Å²) >= 11 is 12.0. The second-order valence-corrected chi connectivity index (χ2v) is 5.92. The highest BCUT2D eigenvalue weighted by atomic mass is 35.5. The third-order valence-electron chi connectivity index (χ3n) is 3.08. The van der Waals surface area contributed by atoms with Gasteiger partial charge in [0.15, 0.2) is 0 Å². The van der Waals surface area contributed by atoms with Gasteiger partial charge < -0.3 is 10.6 Å². The van der Waals surface area contributed by atoms with Gasteiger partial charge >= 0.3 is 0 Å². The van der Waals surface area contributed by atoms with Crippen LogP contribution in [0.1, 0.15) is 35.9 Å². The Bertz CT molecular complexity index is 706. The van der Waals surface area contributed by atoms with Crippen LogP contribution in [-0.2, 0) is 0 Å². The molecule has 2 rings (SSSR count). The molecule has 2 N–H and O–H groups in total. The van der Waals surface area contributed by atoms with Crippen LogP contribution in [0.2, 0.25) is 10.0 Å². The summed E-state index contributed by atoms with van der Waals surface area (Å²) in [6, 6.07) is 6.50. The van der Waals surface area contributed by atoms with E-state index in [1.165, 1.54) is 0 Å². The van der Waals surface area contributed by atoms with Crippen LogP contribution in [0.25, 0.3) is 0 Å². The van der Waals surface area contributed by atoms with Crippen molar-refractivity contribution in [2.24, 2.45) is 0 Å². The fraction of sp³-hybridized carbons (Fsp3) is 0.312. The lowest BCUT2D eigenvalue weighted by atomic mass is 10.3. The summed E-state index contributed by atoms with van der Waals surface area (Å²) in [5.41, 5.74) is 1.43. The Hall–Kier alpha value is -1.85. The normalized spacial score (nSPS) is 10.4. The summed E-state index contributed by atoms with van der Waals surface area (Å²) in [5.74, 6) is 0.0824. The van der Waals surface area contributed by atoms with Gasteiger partial charge in [0, 0.05) is 17.3 Å². The second-order valence-electron chi connectivity index (χ2n) is 5.08. The highest BCUT2D eigenvalue weighted by Gasteiger charge is 2.13. The first-order valence-electron chi connectivity index (χ1n) is 7.35. The fourth-order valence-electron chi connectivity index (χ4n) is 1.92. The predicted molar refractivity (Wildman–Crippen MR) is 94.6 cm³/mol. The van der Waals surface area contributed by atoms with Crippen LogP contribution in [-0.4, -0.2) is 22.4 Å². The first-order valence-corrected chi connectivity index (χ1v) is 8.11. The quantitative estimate of drug-likeness (QED) is 0.748. The molecule has 0 spiro atoms. The molecule has 122 valence electrons. The van der Waals surface area contributed by atoms with Gasteiger partial charge in [-0.05, 0) is 37.6 Å². The minimum absolute atomic E-state index is 0.271. The lowest BCUT2D eigenvalue weighted by molar-refractivity contribution is 0.102. The molecular weight excluding hydrogens is 335 g/mol. The Morgan fingerprint density at radius 3 is 2.74 bits per heavy atom. The van der Waals surface area contributed by atoms with Crippen LogP contribution in [0.4, 0.5) is 11.6 Å². The van der Waals surface area contributed by atoms with Gasteiger partial charge in [0.1, 0.15) is 5.69 Å². The molecule has 1 heterocycles. The van der Waals surface area contributed by atoms with Gasteiger partial charge in [-0.3, -0.25) is 4.79 Å². The van der Waals surface area contributed by atoms with E-state index in [1.54, 1.807) is 24.3 Å². The highest BCUT2D eigenvalue weighted by molar-refractivity contribution is 6.35. The van der Waals surface area contributed by atoms with Crippen LogP contribution >= 0.6 is 23.2 Å². The molecular formula is C16H18Cl2N4O. The number of nitrogens with zero attached hydrogens (tertiary/aromatic N) is 2. The molecule has 7 heteroatoms. The monoisotopic (exact) mass is 352 g/mol. The molecule has 2 aromatic rings. The Balaban J connectivity index is 2.16. The molecule has 0 atom stereocenters. The van der Waals surface area contributed by atoms with E-state index in [4.69, 9.17) is 23.2 Å². The molecule has 0 aliphatic rings. The first-order chi connectivity index (χ1) is 11.0. The van der Waals surface area contributed by atoms with Gasteiger partial charge in [-0.1, -0.05) is 36.5 Å². The molecule has 0 fully saturated rings. The molecule has 0 bridgehead atoms. The van der Waals surface area contributed by atoms with Crippen LogP contribution < -0.4 is 10.6 Å². The topological polar surface area (TPSA) is 66.9 Å². The largest absolute Gasteiger partial charge is 0.354 e. The van der Waals surface area contributed by atoms with E-state index >= 15 is 0 Å². The van der Waals surface area contributed by atoms with Gasteiger partial charge in [-0.2, -0.15) is 0 Å². The number of anilines is 2. The summed E-state index contributed by atoms with van der Waals surface area (Å²) in [6.07, 6.45) is 2.08. The van der Waals surface area contributed by atoms with Crippen molar-refractivity contribution in [3.8, 4) is 0 Å². The summed E-state index contributed by atoms with van der Waals surface area (Å²) < 4.78 is 0. The third kappa shape index (κ3) is 5.08. The fourth-order valence-corrected chi connectivity index (χ4v) is 2.26. The molecule has 0 radical (unpaired) electrons. The number of halogens is 2. The number of carbonyl (C=O) groups is 1. The van der Waals surface area contributed by atoms with E-state index in [0.717, 1.165) is 19.4 Å². The van der Waals surface area contributed by atoms with Crippen LogP contribution in [0.5, 0.6) is 0 Å². The van der Waals surface area contributed by atoms with Crippen LogP contribution in [0, 0.1) is 6.92 Å². The maximum absolute atomic E-state index is 12.4. The number of nitrogens with one attached hydrogen (secondary N) is 2. The van der Waals surface area contributed by atoms with Gasteiger partial charge in [0.25, 0.3) is 5.91 Å². The second kappa shape index (κ2) is 8.13. The average molecular weight is 353 g/mol. The molecule has 0 aliphatic heterocycles. The molecule has 23 heavy (non-hydrogen) atoms. The van der Waals surface area contributed by atoms with E-state index in [1.807, 2.05) is 6.92 Å². The zero-order chi connectivity index (χ0) is 16.8. The average Bonchev–Trinajstić information content (AvgIpc) is 2.50. The number of aromatic nitrogens is 2. The number of carbonyl (C=O) groups excluding carboxylic acids is 1. The number of hydrogen-bond donors (Lipinski definition) is 2. The summed E-state index contributed by atoms with van der Waals surface area (Å²) in [6.45, 7) is 4.68. The van der Waals surface area contributed by atoms with Crippen LogP contribution in [0.15, 0.2) is 24.3 Å². The van der Waals surface area contributed by atoms with E-state index in [-0.39, 0.29) is 11.6 Å². The number of unbranched alkanes of at least 4 members (excludes halogenated alkanes) is 1. The van der Waals surface area contributed by atoms with Crippen molar-refractivity contribution in [1.82, 2.24) is 9.97 Å². The molecule has 5 nitrogen and oxygen atoms in total. The molecule has 0 unspecified atom stereocenters. The summed E-state index contributed by atoms with van der Waals surface area (Å²) in [7, 11) is 0. The molecule has 0 aliphatic carbocycles. The molecule has 1 aromatic heterocycles. The Labute approximate surface area is 145 Å². The smallest absolute Gasteiger partial charge is 0.274 e. The molecule has 0 saturated heterocycles. The van der Waals surface area contributed by atoms with Crippen molar-refractivity contribution < 1.29 is 4.79 Å². The van der Waals surface area contributed by atoms with E-state index in [0.29, 0.717) is 27.4 Å². The van der Waals surface area contributed by atoms with Gasteiger partial charge in [-0.15, -0.1) is 0 Å². The van der Waals surface area contributed by atoms with Crippen molar-refractivity contribution in [3.05, 3.63) is 45.7 Å². The zero-order valence-corrected chi connectivity index (χ0v) is 14.5. The van der Waals surface area contributed by atoms with Gasteiger partial charge in [0.2, 0.25) is 5.95 Å². The Kier molecular flexibility index (Phi) is 6.19. The number of hydrogen-bond acceptors (Lipinski definition) is 4. The lowest BCUT2D eigenvalue weighted by Gasteiger charge is -2.10. The van der Waals surface area contributed by atoms with Crippen molar-refractivity contribution >= 4 is 40.7 Å². The zero-order valence-electron chi connectivity index (χ0n) is 13.0. The summed E-state index contributed by atoms with van der Waals surface area (Å²) in [4.78, 5) is 20.9. The number of amides is 1. The van der Waals surface area contributed by atoms with E-state index in [2.05, 4.69) is 27.5 Å². The van der Waals surface area contributed by atoms with Crippen LogP contribution in [0.3, 0.4) is 0 Å². The predicted octanol–water partition coefficient (Wildman–Crippen LogP) is 4.56. The molecule has 1 amide bonds. The molecule has 1 aromatic carbocycles. The van der Waals surface area contributed by atoms with E-state index < -0.39 is 0 Å². The SMILES string of the molecule is CCCCNc1nc(C)cc(C(=O)Nc2cc(Cl)ccc2Cl)n1. The van der Waals surface area contributed by atoms with Gasteiger partial charge in [-0.25, -0.2) is 9.97 Å². The van der Waals surface area contributed by atoms with Gasteiger partial charge in [0.05, 0.1) is 10.7 Å². The highest BCUT2D eigenvalue weighted by Crippen LogP contribution is 2.25. The van der Waals surface area contributed by atoms with Crippen molar-refractivity contribution in [3.63, 3.8) is 0 Å². The minimum atomic E-state index is -0.363. The standard InChI is InChI=1S/C16H18Cl2N4O/c1-3-4-7-19-16-20-10(2)8-14(22-16)15(23)21-13-9-11(17)5-6-12(13)18/h5-6,8-9H,3-4,7H2,1-2H3,(H,21,23)(H,19,20,22). The van der Waals surface area contributed by atoms with E-state index in [9.17, 15) is 4.79 Å².